The number of nitrogens with zero attached hydrogens (tertiary/aromatic N) is 4. The molecule has 0 unspecified atom stereocenters. The molecule has 0 spiro atoms. The number of rotatable bonds is 6. The van der Waals surface area contributed by atoms with Crippen LogP contribution in [-0.2, 0) is 0 Å². The van der Waals surface area contributed by atoms with Crippen LogP contribution in [0.4, 0.5) is 16.8 Å². The number of hydrogen-bond donors (Lipinski definition) is 3. The zero-order valence-electron chi connectivity index (χ0n) is 17.9. The monoisotopic (exact) mass is 472 g/mol. The second kappa shape index (κ2) is 9.40. The van der Waals surface area contributed by atoms with Crippen molar-refractivity contribution in [3.05, 3.63) is 45.6 Å². The normalized spacial score (nSPS) is 14.6. The predicted octanol–water partition coefficient (Wildman–Crippen LogP) is 3.92. The molecule has 8 nitrogen and oxygen atoms in total. The van der Waals surface area contributed by atoms with E-state index in [0.717, 1.165) is 37.3 Å². The number of thiazole rings is 1. The van der Waals surface area contributed by atoms with Gasteiger partial charge in [-0.05, 0) is 44.2 Å². The van der Waals surface area contributed by atoms with Crippen LogP contribution in [-0.4, -0.2) is 45.7 Å². The van der Waals surface area contributed by atoms with Gasteiger partial charge in [-0.1, -0.05) is 35.1 Å². The number of aliphatic hydroxyl groups excluding tert-OH is 1. The molecule has 0 bridgehead atoms. The van der Waals surface area contributed by atoms with Gasteiger partial charge in [0.1, 0.15) is 22.3 Å². The molecule has 1 aliphatic rings. The van der Waals surface area contributed by atoms with Gasteiger partial charge in [0.05, 0.1) is 10.7 Å². The van der Waals surface area contributed by atoms with Gasteiger partial charge in [0.25, 0.3) is 5.91 Å². The van der Waals surface area contributed by atoms with Gasteiger partial charge >= 0.3 is 0 Å². The Labute approximate surface area is 195 Å². The first-order valence-corrected chi connectivity index (χ1v) is 11.6. The molecular formula is C22H25ClN6O2S. The molecule has 2 aromatic heterocycles. The molecule has 4 N–H and O–H groups in total. The van der Waals surface area contributed by atoms with E-state index in [-0.39, 0.29) is 6.61 Å². The van der Waals surface area contributed by atoms with E-state index < -0.39 is 5.91 Å². The van der Waals surface area contributed by atoms with E-state index in [1.165, 1.54) is 11.3 Å². The Morgan fingerprint density at radius 3 is 2.69 bits per heavy atom. The minimum absolute atomic E-state index is 0.225. The Kier molecular flexibility index (Phi) is 6.59. The van der Waals surface area contributed by atoms with Crippen molar-refractivity contribution in [3.63, 3.8) is 0 Å². The van der Waals surface area contributed by atoms with Crippen LogP contribution < -0.4 is 16.0 Å². The summed E-state index contributed by atoms with van der Waals surface area (Å²) in [7, 11) is 0. The van der Waals surface area contributed by atoms with Gasteiger partial charge < -0.3 is 21.1 Å². The fourth-order valence-electron chi connectivity index (χ4n) is 3.87. The highest BCUT2D eigenvalue weighted by atomic mass is 35.5. The molecule has 168 valence electrons. The zero-order chi connectivity index (χ0) is 22.8. The summed E-state index contributed by atoms with van der Waals surface area (Å²) in [4.78, 5) is 28.3. The Bertz CT molecular complexity index is 1120. The van der Waals surface area contributed by atoms with E-state index in [1.807, 2.05) is 32.0 Å². The number of nitrogens with one attached hydrogen (secondary N) is 1. The summed E-state index contributed by atoms with van der Waals surface area (Å²) >= 11 is 7.58. The number of aryl methyl sites for hydroxylation is 2. The smallest absolute Gasteiger partial charge is 0.261 e. The molecule has 3 aromatic rings. The van der Waals surface area contributed by atoms with E-state index >= 15 is 0 Å². The van der Waals surface area contributed by atoms with Crippen LogP contribution in [0.2, 0.25) is 5.02 Å². The molecule has 10 heteroatoms. The van der Waals surface area contributed by atoms with Crippen LogP contribution >= 0.6 is 22.9 Å². The van der Waals surface area contributed by atoms with Gasteiger partial charge in [-0.2, -0.15) is 0 Å². The molecular weight excluding hydrogens is 448 g/mol. The number of aliphatic hydroxyl groups is 1. The number of primary amides is 1. The molecule has 1 saturated heterocycles. The Hall–Kier alpha value is -2.75. The molecule has 0 atom stereocenters. The fourth-order valence-corrected chi connectivity index (χ4v) is 5.02. The number of carbonyl (C=O) groups excluding carboxylic acids is 1. The summed E-state index contributed by atoms with van der Waals surface area (Å²) in [6.45, 7) is 5.64. The number of piperidine rings is 1. The highest BCUT2D eigenvalue weighted by Gasteiger charge is 2.23. The van der Waals surface area contributed by atoms with Crippen LogP contribution in [0.5, 0.6) is 0 Å². The Balaban J connectivity index is 1.64. The summed E-state index contributed by atoms with van der Waals surface area (Å²) < 4.78 is 0. The third-order valence-electron chi connectivity index (χ3n) is 5.57. The minimum atomic E-state index is -0.559. The van der Waals surface area contributed by atoms with Crippen LogP contribution in [0.25, 0.3) is 11.3 Å². The maximum absolute atomic E-state index is 12.1. The predicted molar refractivity (Wildman–Crippen MR) is 128 cm³/mol. The molecule has 1 fully saturated rings. The van der Waals surface area contributed by atoms with Gasteiger partial charge in [0.15, 0.2) is 5.13 Å². The Morgan fingerprint density at radius 1 is 1.28 bits per heavy atom. The number of anilines is 3. The molecule has 0 saturated carbocycles. The van der Waals surface area contributed by atoms with Crippen molar-refractivity contribution in [2.24, 2.45) is 11.7 Å². The van der Waals surface area contributed by atoms with Crippen molar-refractivity contribution in [2.45, 2.75) is 26.7 Å². The number of hydrogen-bond acceptors (Lipinski definition) is 8. The summed E-state index contributed by atoms with van der Waals surface area (Å²) in [5, 5.41) is 13.6. The first-order valence-electron chi connectivity index (χ1n) is 10.4. The summed E-state index contributed by atoms with van der Waals surface area (Å²) in [6, 6.07) is 7.41. The van der Waals surface area contributed by atoms with Gasteiger partial charge in [0, 0.05) is 31.3 Å². The lowest BCUT2D eigenvalue weighted by Crippen LogP contribution is -2.35. The number of carbonyl (C=O) groups is 1. The van der Waals surface area contributed by atoms with Gasteiger partial charge in [-0.15, -0.1) is 0 Å². The zero-order valence-corrected chi connectivity index (χ0v) is 19.5. The molecule has 1 amide bonds. The van der Waals surface area contributed by atoms with Gasteiger partial charge in [-0.25, -0.2) is 15.0 Å². The lowest BCUT2D eigenvalue weighted by molar-refractivity contribution is 0.100. The minimum Gasteiger partial charge on any atom is -0.396 e. The maximum atomic E-state index is 12.1. The lowest BCUT2D eigenvalue weighted by Gasteiger charge is -2.32. The maximum Gasteiger partial charge on any atom is 0.261 e. The van der Waals surface area contributed by atoms with Gasteiger partial charge in [0.2, 0.25) is 0 Å². The van der Waals surface area contributed by atoms with Crippen LogP contribution in [0, 0.1) is 19.8 Å². The largest absolute Gasteiger partial charge is 0.396 e. The van der Waals surface area contributed by atoms with Crippen molar-refractivity contribution in [1.82, 2.24) is 15.0 Å². The third kappa shape index (κ3) is 4.69. The number of nitrogens with two attached hydrogens (primary N) is 1. The van der Waals surface area contributed by atoms with Crippen molar-refractivity contribution < 1.29 is 9.90 Å². The summed E-state index contributed by atoms with van der Waals surface area (Å²) in [5.41, 5.74) is 7.70. The van der Waals surface area contributed by atoms with Gasteiger partial charge in [-0.3, -0.25) is 4.79 Å². The van der Waals surface area contributed by atoms with Crippen molar-refractivity contribution >= 4 is 45.6 Å². The number of amides is 1. The average molecular weight is 473 g/mol. The molecule has 1 aromatic carbocycles. The number of aromatic nitrogens is 3. The quantitative estimate of drug-likeness (QED) is 0.497. The molecule has 4 rings (SSSR count). The second-order valence-electron chi connectivity index (χ2n) is 7.89. The Morgan fingerprint density at radius 2 is 2.03 bits per heavy atom. The second-order valence-corrected chi connectivity index (χ2v) is 9.30. The molecule has 1 aliphatic heterocycles. The first-order chi connectivity index (χ1) is 15.4. The number of benzene rings is 1. The highest BCUT2D eigenvalue weighted by molar-refractivity contribution is 7.18. The van der Waals surface area contributed by atoms with Crippen molar-refractivity contribution in [2.75, 3.05) is 29.9 Å². The van der Waals surface area contributed by atoms with E-state index in [9.17, 15) is 9.90 Å². The lowest BCUT2D eigenvalue weighted by atomic mass is 9.98. The average Bonchev–Trinajstić information content (AvgIpc) is 3.17. The summed E-state index contributed by atoms with van der Waals surface area (Å²) in [6.07, 6.45) is 1.86. The van der Waals surface area contributed by atoms with E-state index in [4.69, 9.17) is 17.3 Å². The van der Waals surface area contributed by atoms with E-state index in [2.05, 4.69) is 25.2 Å². The third-order valence-corrected chi connectivity index (χ3v) is 6.87. The number of halogens is 1. The van der Waals surface area contributed by atoms with Crippen molar-refractivity contribution in [1.29, 1.82) is 0 Å². The SMILES string of the molecule is Cc1nc(Nc2nc(-c3c(C)cccc3Cl)c(C(N)=O)s2)cc(N2CCC(CO)CC2)n1. The first kappa shape index (κ1) is 22.4. The molecule has 32 heavy (non-hydrogen) atoms. The standard InChI is InChI=1S/C22H25ClN6O2S/c1-12-4-3-5-15(23)18(12)19-20(21(24)31)32-22(28-19)27-16-10-17(26-13(2)25-16)29-8-6-14(11-30)7-9-29/h3-5,10,14,30H,6-9,11H2,1-2H3,(H2,24,31)(H,25,26,27,28). The summed E-state index contributed by atoms with van der Waals surface area (Å²) in [5.74, 6) is 1.83. The molecule has 0 aliphatic carbocycles. The molecule has 3 heterocycles. The van der Waals surface area contributed by atoms with E-state index in [0.29, 0.717) is 43.8 Å². The van der Waals surface area contributed by atoms with Crippen LogP contribution in [0.3, 0.4) is 0 Å². The van der Waals surface area contributed by atoms with Crippen LogP contribution in [0.1, 0.15) is 33.9 Å². The molecule has 0 radical (unpaired) electrons. The topological polar surface area (TPSA) is 117 Å². The fraction of sp³-hybridized carbons (Fsp3) is 0.364. The van der Waals surface area contributed by atoms with E-state index in [1.54, 1.807) is 6.07 Å². The van der Waals surface area contributed by atoms with Crippen LogP contribution in [0.15, 0.2) is 24.3 Å². The highest BCUT2D eigenvalue weighted by Crippen LogP contribution is 2.37. The van der Waals surface area contributed by atoms with Crippen molar-refractivity contribution in [3.8, 4) is 11.3 Å².